The lowest BCUT2D eigenvalue weighted by molar-refractivity contribution is 0.0741. The van der Waals surface area contributed by atoms with Gasteiger partial charge in [-0.3, -0.25) is 4.79 Å². The topological polar surface area (TPSA) is 20.3 Å². The van der Waals surface area contributed by atoms with E-state index in [1.54, 1.807) is 4.90 Å². The standard InChI is InChI=1S/C17H17BrClNO/c1-11-6-4-9-15(16(11)18)17(21)20(3)12(2)13-7-5-8-14(19)10-13/h4-10,12H,1-3H3. The fraction of sp³-hybridized carbons (Fsp3) is 0.235. The van der Waals surface area contributed by atoms with E-state index >= 15 is 0 Å². The Morgan fingerprint density at radius 2 is 1.90 bits per heavy atom. The number of carbonyl (C=O) groups excluding carboxylic acids is 1. The van der Waals surface area contributed by atoms with Gasteiger partial charge in [0.1, 0.15) is 0 Å². The van der Waals surface area contributed by atoms with Crippen LogP contribution in [0.25, 0.3) is 0 Å². The molecule has 110 valence electrons. The van der Waals surface area contributed by atoms with Crippen LogP contribution in [0.2, 0.25) is 5.02 Å². The van der Waals surface area contributed by atoms with Crippen molar-refractivity contribution in [1.82, 2.24) is 4.90 Å². The minimum atomic E-state index is -0.0522. The Hall–Kier alpha value is -1.32. The predicted molar refractivity (Wildman–Crippen MR) is 90.8 cm³/mol. The summed E-state index contributed by atoms with van der Waals surface area (Å²) < 4.78 is 0.847. The monoisotopic (exact) mass is 365 g/mol. The van der Waals surface area contributed by atoms with E-state index in [1.807, 2.05) is 63.4 Å². The second kappa shape index (κ2) is 6.63. The number of hydrogen-bond acceptors (Lipinski definition) is 1. The fourth-order valence-corrected chi connectivity index (χ4v) is 2.80. The molecule has 0 bridgehead atoms. The number of aryl methyl sites for hydroxylation is 1. The highest BCUT2D eigenvalue weighted by Crippen LogP contribution is 2.27. The molecule has 0 aliphatic carbocycles. The largest absolute Gasteiger partial charge is 0.335 e. The molecule has 0 aliphatic rings. The van der Waals surface area contributed by atoms with E-state index in [0.717, 1.165) is 15.6 Å². The van der Waals surface area contributed by atoms with Crippen molar-refractivity contribution in [3.05, 3.63) is 68.7 Å². The Morgan fingerprint density at radius 3 is 2.57 bits per heavy atom. The second-order valence-corrected chi connectivity index (χ2v) is 6.31. The Labute approximate surface area is 138 Å². The van der Waals surface area contributed by atoms with Gasteiger partial charge >= 0.3 is 0 Å². The first kappa shape index (κ1) is 16.1. The molecule has 4 heteroatoms. The summed E-state index contributed by atoms with van der Waals surface area (Å²) in [5.41, 5.74) is 2.73. The smallest absolute Gasteiger partial charge is 0.255 e. The third-order valence-electron chi connectivity index (χ3n) is 3.65. The molecule has 0 saturated carbocycles. The number of hydrogen-bond donors (Lipinski definition) is 0. The summed E-state index contributed by atoms with van der Waals surface area (Å²) in [6, 6.07) is 13.2. The summed E-state index contributed by atoms with van der Waals surface area (Å²) in [6.45, 7) is 3.97. The van der Waals surface area contributed by atoms with E-state index in [2.05, 4.69) is 15.9 Å². The van der Waals surface area contributed by atoms with Gasteiger partial charge in [0.05, 0.1) is 11.6 Å². The molecule has 2 rings (SSSR count). The molecule has 1 unspecified atom stereocenters. The molecule has 0 radical (unpaired) electrons. The molecule has 2 nitrogen and oxygen atoms in total. The highest BCUT2D eigenvalue weighted by atomic mass is 79.9. The van der Waals surface area contributed by atoms with Crippen LogP contribution in [-0.2, 0) is 0 Å². The van der Waals surface area contributed by atoms with Gasteiger partial charge in [0.25, 0.3) is 5.91 Å². The van der Waals surface area contributed by atoms with Crippen LogP contribution in [0.15, 0.2) is 46.9 Å². The Morgan fingerprint density at radius 1 is 1.24 bits per heavy atom. The number of nitrogens with zero attached hydrogens (tertiary/aromatic N) is 1. The predicted octanol–water partition coefficient (Wildman–Crippen LogP) is 5.24. The molecule has 1 atom stereocenters. The van der Waals surface area contributed by atoms with Crippen LogP contribution in [0.3, 0.4) is 0 Å². The lowest BCUT2D eigenvalue weighted by Crippen LogP contribution is -2.30. The Kier molecular flexibility index (Phi) is 5.07. The summed E-state index contributed by atoms with van der Waals surface area (Å²) in [7, 11) is 1.81. The van der Waals surface area contributed by atoms with Crippen molar-refractivity contribution in [2.45, 2.75) is 19.9 Å². The van der Waals surface area contributed by atoms with Gasteiger partial charge < -0.3 is 4.90 Å². The maximum Gasteiger partial charge on any atom is 0.255 e. The van der Waals surface area contributed by atoms with Gasteiger partial charge in [-0.1, -0.05) is 35.9 Å². The van der Waals surface area contributed by atoms with Gasteiger partial charge in [-0.2, -0.15) is 0 Å². The maximum atomic E-state index is 12.7. The zero-order valence-corrected chi connectivity index (χ0v) is 14.6. The number of amides is 1. The molecule has 2 aromatic rings. The first-order valence-corrected chi connectivity index (χ1v) is 7.86. The second-order valence-electron chi connectivity index (χ2n) is 5.08. The molecule has 0 fully saturated rings. The van der Waals surface area contributed by atoms with Gasteiger partial charge in [0.15, 0.2) is 0 Å². The van der Waals surface area contributed by atoms with Crippen LogP contribution in [-0.4, -0.2) is 17.9 Å². The van der Waals surface area contributed by atoms with Crippen molar-refractivity contribution < 1.29 is 4.79 Å². The number of rotatable bonds is 3. The van der Waals surface area contributed by atoms with E-state index in [-0.39, 0.29) is 11.9 Å². The van der Waals surface area contributed by atoms with Crippen molar-refractivity contribution in [3.63, 3.8) is 0 Å². The van der Waals surface area contributed by atoms with Crippen molar-refractivity contribution in [2.24, 2.45) is 0 Å². The van der Waals surface area contributed by atoms with Gasteiger partial charge in [-0.15, -0.1) is 0 Å². The van der Waals surface area contributed by atoms with E-state index < -0.39 is 0 Å². The van der Waals surface area contributed by atoms with Crippen LogP contribution in [0.4, 0.5) is 0 Å². The Bertz CT molecular complexity index is 672. The average molecular weight is 367 g/mol. The number of halogens is 2. The third kappa shape index (κ3) is 3.47. The van der Waals surface area contributed by atoms with Crippen molar-refractivity contribution >= 4 is 33.4 Å². The van der Waals surface area contributed by atoms with Gasteiger partial charge in [0, 0.05) is 16.5 Å². The summed E-state index contributed by atoms with van der Waals surface area (Å²) in [4.78, 5) is 14.4. The van der Waals surface area contributed by atoms with Crippen LogP contribution < -0.4 is 0 Å². The first-order chi connectivity index (χ1) is 9.91. The lowest BCUT2D eigenvalue weighted by atomic mass is 10.1. The molecule has 0 aromatic heterocycles. The molecule has 0 heterocycles. The average Bonchev–Trinajstić information content (AvgIpc) is 2.48. The van der Waals surface area contributed by atoms with E-state index in [1.165, 1.54) is 0 Å². The maximum absolute atomic E-state index is 12.7. The van der Waals surface area contributed by atoms with Gasteiger partial charge in [-0.05, 0) is 59.1 Å². The molecule has 0 aliphatic heterocycles. The molecular weight excluding hydrogens is 350 g/mol. The van der Waals surface area contributed by atoms with Crippen LogP contribution in [0.5, 0.6) is 0 Å². The molecule has 0 saturated heterocycles. The normalized spacial score (nSPS) is 12.0. The SMILES string of the molecule is Cc1cccc(C(=O)N(C)C(C)c2cccc(Cl)c2)c1Br. The molecule has 1 amide bonds. The Balaban J connectivity index is 2.29. The quantitative estimate of drug-likeness (QED) is 0.727. The van der Waals surface area contributed by atoms with Gasteiger partial charge in [0.2, 0.25) is 0 Å². The van der Waals surface area contributed by atoms with E-state index in [0.29, 0.717) is 10.6 Å². The highest BCUT2D eigenvalue weighted by molar-refractivity contribution is 9.10. The minimum Gasteiger partial charge on any atom is -0.335 e. The van der Waals surface area contributed by atoms with Crippen LogP contribution in [0.1, 0.15) is 34.5 Å². The van der Waals surface area contributed by atoms with Crippen molar-refractivity contribution in [2.75, 3.05) is 7.05 Å². The molecule has 2 aromatic carbocycles. The van der Waals surface area contributed by atoms with Crippen LogP contribution >= 0.6 is 27.5 Å². The summed E-state index contributed by atoms with van der Waals surface area (Å²) in [5.74, 6) is -0.0157. The highest BCUT2D eigenvalue weighted by Gasteiger charge is 2.21. The summed E-state index contributed by atoms with van der Waals surface area (Å²) in [6.07, 6.45) is 0. The van der Waals surface area contributed by atoms with E-state index in [9.17, 15) is 4.79 Å². The molecule has 0 spiro atoms. The zero-order valence-electron chi connectivity index (χ0n) is 12.2. The molecular formula is C17H17BrClNO. The van der Waals surface area contributed by atoms with Gasteiger partial charge in [-0.25, -0.2) is 0 Å². The van der Waals surface area contributed by atoms with E-state index in [4.69, 9.17) is 11.6 Å². The first-order valence-electron chi connectivity index (χ1n) is 6.69. The summed E-state index contributed by atoms with van der Waals surface area (Å²) in [5, 5.41) is 0.678. The van der Waals surface area contributed by atoms with Crippen LogP contribution in [0, 0.1) is 6.92 Å². The summed E-state index contributed by atoms with van der Waals surface area (Å²) >= 11 is 9.52. The number of carbonyl (C=O) groups is 1. The minimum absolute atomic E-state index is 0.0157. The lowest BCUT2D eigenvalue weighted by Gasteiger charge is -2.26. The zero-order chi connectivity index (χ0) is 15.6. The molecule has 21 heavy (non-hydrogen) atoms. The number of benzene rings is 2. The third-order valence-corrected chi connectivity index (χ3v) is 4.94. The van der Waals surface area contributed by atoms with Crippen molar-refractivity contribution in [1.29, 1.82) is 0 Å². The molecule has 0 N–H and O–H groups in total. The fourth-order valence-electron chi connectivity index (χ4n) is 2.17. The van der Waals surface area contributed by atoms with Crippen molar-refractivity contribution in [3.8, 4) is 0 Å².